The molecule has 0 fully saturated rings. The van der Waals surface area contributed by atoms with Crippen molar-refractivity contribution < 1.29 is 0 Å². The fourth-order valence-corrected chi connectivity index (χ4v) is 0. The normalized spacial score (nSPS) is 6.67. The Balaban J connectivity index is 0. The monoisotopic (exact) mass is 154 g/mol. The Morgan fingerprint density at radius 3 is 1.67 bits per heavy atom. The van der Waals surface area contributed by atoms with Crippen LogP contribution >= 0.6 is 12.9 Å². The summed E-state index contributed by atoms with van der Waals surface area (Å²) in [4.78, 5) is 0. The first-order chi connectivity index (χ1) is 2.27. The Kier molecular flexibility index (Phi) is 12.3. The van der Waals surface area contributed by atoms with E-state index in [2.05, 4.69) is 26.7 Å². The summed E-state index contributed by atoms with van der Waals surface area (Å²) in [7, 11) is 0. The molecule has 0 atom stereocenters. The second-order valence-corrected chi connectivity index (χ2v) is 5.43. The maximum absolute atomic E-state index is 3.45. The van der Waals surface area contributed by atoms with Gasteiger partial charge in [-0.15, -0.1) is 4.05 Å². The SMILES string of the molecule is C[CH](C)[Mg][Br].[LiH]. The minimum atomic E-state index is 0. The van der Waals surface area contributed by atoms with Crippen molar-refractivity contribution in [3.63, 3.8) is 0 Å². The molecule has 0 heterocycles. The molecule has 6 heavy (non-hydrogen) atoms. The average Bonchev–Trinajstić information content (AvgIpc) is 1.38. The molecule has 0 aromatic heterocycles. The van der Waals surface area contributed by atoms with Crippen LogP contribution in [0.2, 0.25) is 4.05 Å². The van der Waals surface area contributed by atoms with E-state index in [0.717, 1.165) is 4.05 Å². The summed E-state index contributed by atoms with van der Waals surface area (Å²) < 4.78 is 0.940. The zero-order chi connectivity index (χ0) is 4.28. The van der Waals surface area contributed by atoms with Crippen LogP contribution in [0.1, 0.15) is 13.8 Å². The molecule has 0 unspecified atom stereocenters. The summed E-state index contributed by atoms with van der Waals surface area (Å²) in [6.07, 6.45) is 0. The molecule has 0 saturated heterocycles. The second-order valence-electron chi connectivity index (χ2n) is 1.55. The second kappa shape index (κ2) is 6.84. The van der Waals surface area contributed by atoms with Crippen LogP contribution in [0.3, 0.4) is 0 Å². The number of rotatable bonds is 1. The van der Waals surface area contributed by atoms with Gasteiger partial charge in [-0.05, 0) is 0 Å². The van der Waals surface area contributed by atoms with Gasteiger partial charge in [-0.2, -0.15) is 0 Å². The Hall–Kier alpha value is 1.84. The van der Waals surface area contributed by atoms with E-state index in [1.165, 1.54) is 0 Å². The van der Waals surface area contributed by atoms with Crippen molar-refractivity contribution in [1.82, 2.24) is 0 Å². The molecule has 0 aromatic rings. The molecule has 0 saturated carbocycles. The predicted octanol–water partition coefficient (Wildman–Crippen LogP) is 1.18. The molecule has 0 amide bonds. The van der Waals surface area contributed by atoms with Gasteiger partial charge in [-0.25, -0.2) is 0 Å². The number of hydrogen-bond acceptors (Lipinski definition) is 0. The van der Waals surface area contributed by atoms with Crippen molar-refractivity contribution in [3.8, 4) is 0 Å². The zero-order valence-corrected chi connectivity index (χ0v) is 6.66. The van der Waals surface area contributed by atoms with Gasteiger partial charge in [0.25, 0.3) is 0 Å². The molecule has 0 bridgehead atoms. The Morgan fingerprint density at radius 2 is 1.67 bits per heavy atom. The van der Waals surface area contributed by atoms with Gasteiger partial charge in [-0.1, -0.05) is 13.8 Å². The quantitative estimate of drug-likeness (QED) is 0.499. The fraction of sp³-hybridized carbons (Fsp3) is 1.00. The van der Waals surface area contributed by atoms with E-state index in [-0.39, 0.29) is 37.1 Å². The van der Waals surface area contributed by atoms with Gasteiger partial charge >= 0.3 is 37.1 Å². The summed E-state index contributed by atoms with van der Waals surface area (Å²) in [6.45, 7) is 4.47. The molecule has 0 N–H and O–H groups in total. The van der Waals surface area contributed by atoms with Crippen molar-refractivity contribution in [3.05, 3.63) is 0 Å². The summed E-state index contributed by atoms with van der Waals surface area (Å²) >= 11 is 3.61. The number of hydrogen-bond donors (Lipinski definition) is 0. The van der Waals surface area contributed by atoms with Crippen LogP contribution in [0.5, 0.6) is 0 Å². The summed E-state index contributed by atoms with van der Waals surface area (Å²) in [5, 5.41) is 0. The van der Waals surface area contributed by atoms with Crippen molar-refractivity contribution in [2.24, 2.45) is 0 Å². The van der Waals surface area contributed by atoms with Gasteiger partial charge in [0.05, 0.1) is 0 Å². The van der Waals surface area contributed by atoms with Crippen molar-refractivity contribution in [2.45, 2.75) is 17.9 Å². The number of halogens is 1. The molecule has 0 aromatic carbocycles. The van der Waals surface area contributed by atoms with Crippen LogP contribution in [0.25, 0.3) is 0 Å². The van der Waals surface area contributed by atoms with Crippen LogP contribution < -0.4 is 0 Å². The Bertz CT molecular complexity index is 24.8. The molecule has 3 heteroatoms. The molecule has 0 radical (unpaired) electrons. The van der Waals surface area contributed by atoms with Crippen LogP contribution in [0, 0.1) is 0 Å². The Morgan fingerprint density at radius 1 is 1.50 bits per heavy atom. The van der Waals surface area contributed by atoms with Gasteiger partial charge in [-0.3, -0.25) is 0 Å². The van der Waals surface area contributed by atoms with Crippen molar-refractivity contribution in [2.75, 3.05) is 0 Å². The van der Waals surface area contributed by atoms with E-state index in [1.54, 1.807) is 0 Å². The van der Waals surface area contributed by atoms with Crippen molar-refractivity contribution in [1.29, 1.82) is 0 Å². The van der Waals surface area contributed by atoms with Crippen molar-refractivity contribution >= 4 is 49.9 Å². The summed E-state index contributed by atoms with van der Waals surface area (Å²) in [5.74, 6) is 0. The van der Waals surface area contributed by atoms with Gasteiger partial charge < -0.3 is 12.9 Å². The molecule has 0 aliphatic heterocycles. The molecule has 0 aliphatic rings. The van der Waals surface area contributed by atoms with E-state index in [0.29, 0.717) is 0 Å². The third-order valence-corrected chi connectivity index (χ3v) is 4.81. The molecular formula is C3H8BrLiMg. The van der Waals surface area contributed by atoms with Gasteiger partial charge in [0.1, 0.15) is 0 Å². The van der Waals surface area contributed by atoms with E-state index in [1.807, 2.05) is 0 Å². The minimum absolute atomic E-state index is 0. The van der Waals surface area contributed by atoms with Crippen LogP contribution in [0.15, 0.2) is 0 Å². The first-order valence-corrected chi connectivity index (χ1v) is 6.55. The average molecular weight is 155 g/mol. The Labute approximate surface area is 67.2 Å². The fourth-order valence-electron chi connectivity index (χ4n) is 0. The van der Waals surface area contributed by atoms with Gasteiger partial charge in [0.15, 0.2) is 0 Å². The van der Waals surface area contributed by atoms with E-state index >= 15 is 0 Å². The topological polar surface area (TPSA) is 0 Å². The van der Waals surface area contributed by atoms with Crippen LogP contribution in [-0.4, -0.2) is 37.1 Å². The first-order valence-electron chi connectivity index (χ1n) is 1.83. The van der Waals surface area contributed by atoms with Crippen LogP contribution in [-0.2, 0) is 0 Å². The first kappa shape index (κ1) is 10.8. The predicted molar refractivity (Wildman–Crippen MR) is 36.9 cm³/mol. The maximum atomic E-state index is 3.45. The van der Waals surface area contributed by atoms with E-state index < -0.39 is 0 Å². The molecule has 0 nitrogen and oxygen atoms in total. The third-order valence-electron chi connectivity index (χ3n) is 0.309. The third kappa shape index (κ3) is 9.28. The summed E-state index contributed by atoms with van der Waals surface area (Å²) in [6, 6.07) is 0. The summed E-state index contributed by atoms with van der Waals surface area (Å²) in [5.41, 5.74) is 0. The van der Waals surface area contributed by atoms with Gasteiger partial charge in [0, 0.05) is 0 Å². The van der Waals surface area contributed by atoms with E-state index in [9.17, 15) is 0 Å². The molecule has 0 spiro atoms. The zero-order valence-electron chi connectivity index (χ0n) is 3.66. The molecule has 30 valence electrons. The molecule has 0 rings (SSSR count). The standard InChI is InChI=1S/C3H7.BrH.Li.Mg.H/c1-3-2;;;;/h3H,1-2H3;1H;;;/q;;;+1;/p-1. The van der Waals surface area contributed by atoms with Gasteiger partial charge in [0.2, 0.25) is 0 Å². The van der Waals surface area contributed by atoms with E-state index in [4.69, 9.17) is 0 Å². The molecular weight excluding hydrogens is 147 g/mol. The molecule has 0 aliphatic carbocycles. The van der Waals surface area contributed by atoms with Crippen LogP contribution in [0.4, 0.5) is 0 Å².